The zero-order valence-corrected chi connectivity index (χ0v) is 27.8. The summed E-state index contributed by atoms with van der Waals surface area (Å²) < 4.78 is 5.25. The SMILES string of the molecule is COC(=O)C1(C2C=CC=CC2)CCN(CCCNC(=O)c2c(CCCCN=[N+]=[N-])c([N+](=O)[O-])c(C(C)=O)c(C)c2-c2ccccn2)CC1. The molecule has 1 aromatic carbocycles. The minimum atomic E-state index is -0.588. The van der Waals surface area contributed by atoms with Crippen LogP contribution in [0.4, 0.5) is 5.69 Å². The molecule has 2 heterocycles. The number of pyridine rings is 1. The van der Waals surface area contributed by atoms with Crippen LogP contribution in [0.2, 0.25) is 0 Å². The Morgan fingerprint density at radius 1 is 1.19 bits per heavy atom. The van der Waals surface area contributed by atoms with Gasteiger partial charge < -0.3 is 15.0 Å². The van der Waals surface area contributed by atoms with Gasteiger partial charge in [-0.2, -0.15) is 0 Å². The Morgan fingerprint density at radius 3 is 2.56 bits per heavy atom. The van der Waals surface area contributed by atoms with Gasteiger partial charge in [-0.15, -0.1) is 0 Å². The molecular formula is C35H43N7O6. The molecule has 1 aliphatic heterocycles. The Morgan fingerprint density at radius 2 is 1.96 bits per heavy atom. The maximum atomic E-state index is 14.0. The van der Waals surface area contributed by atoms with E-state index in [1.807, 2.05) is 12.2 Å². The molecule has 13 heteroatoms. The second kappa shape index (κ2) is 16.8. The number of nitro benzene ring substituents is 1. The Labute approximate surface area is 280 Å². The molecule has 48 heavy (non-hydrogen) atoms. The van der Waals surface area contributed by atoms with E-state index in [4.69, 9.17) is 10.3 Å². The Balaban J connectivity index is 1.55. The lowest BCUT2D eigenvalue weighted by atomic mass is 9.66. The molecule has 1 aromatic heterocycles. The smallest absolute Gasteiger partial charge is 0.312 e. The molecule has 0 bridgehead atoms. The fourth-order valence-electron chi connectivity index (χ4n) is 7.08. The van der Waals surface area contributed by atoms with Crippen LogP contribution in [0.5, 0.6) is 0 Å². The molecule has 0 saturated carbocycles. The zero-order chi connectivity index (χ0) is 34.7. The lowest BCUT2D eigenvalue weighted by molar-refractivity contribution is -0.385. The molecular weight excluding hydrogens is 614 g/mol. The summed E-state index contributed by atoms with van der Waals surface area (Å²) in [5.74, 6) is -1.04. The first kappa shape index (κ1) is 36.0. The number of nitrogens with one attached hydrogen (secondary N) is 1. The third-order valence-electron chi connectivity index (χ3n) is 9.47. The third kappa shape index (κ3) is 7.98. The predicted octanol–water partition coefficient (Wildman–Crippen LogP) is 6.31. The second-order valence-corrected chi connectivity index (χ2v) is 12.3. The molecule has 1 atom stereocenters. The molecule has 2 aliphatic rings. The molecule has 4 rings (SSSR count). The zero-order valence-electron chi connectivity index (χ0n) is 27.8. The number of hydrogen-bond acceptors (Lipinski definition) is 9. The number of rotatable bonds is 15. The number of carbonyl (C=O) groups excluding carboxylic acids is 3. The number of ketones is 1. The van der Waals surface area contributed by atoms with Crippen LogP contribution < -0.4 is 5.32 Å². The van der Waals surface area contributed by atoms with Crippen molar-refractivity contribution in [1.82, 2.24) is 15.2 Å². The summed E-state index contributed by atoms with van der Waals surface area (Å²) in [6.45, 7) is 5.54. The number of amides is 1. The number of piperidine rings is 1. The molecule has 13 nitrogen and oxygen atoms in total. The van der Waals surface area contributed by atoms with E-state index in [9.17, 15) is 24.5 Å². The average molecular weight is 658 g/mol. The molecule has 1 saturated heterocycles. The number of hydrogen-bond donors (Lipinski definition) is 1. The van der Waals surface area contributed by atoms with E-state index in [2.05, 4.69) is 37.4 Å². The highest BCUT2D eigenvalue weighted by Gasteiger charge is 2.47. The number of aromatic nitrogens is 1. The minimum Gasteiger partial charge on any atom is -0.469 e. The summed E-state index contributed by atoms with van der Waals surface area (Å²) in [7, 11) is 1.44. The second-order valence-electron chi connectivity index (χ2n) is 12.3. The summed E-state index contributed by atoms with van der Waals surface area (Å²) in [6.07, 6.45) is 13.5. The number of unbranched alkanes of at least 4 members (excludes halogenated alkanes) is 1. The number of carbonyl (C=O) groups is 3. The van der Waals surface area contributed by atoms with Crippen LogP contribution >= 0.6 is 0 Å². The number of azide groups is 1. The number of nitrogens with zero attached hydrogens (tertiary/aromatic N) is 6. The van der Waals surface area contributed by atoms with Gasteiger partial charge in [0.05, 0.1) is 34.3 Å². The Bertz CT molecular complexity index is 1620. The summed E-state index contributed by atoms with van der Waals surface area (Å²) in [4.78, 5) is 61.2. The monoisotopic (exact) mass is 657 g/mol. The first-order valence-corrected chi connectivity index (χ1v) is 16.4. The standard InChI is InChI=1S/C35H43N7O6/c1-24-29(25(2)43)32(42(46)47)27(14-7-10-20-39-40-36)31(30(24)28-15-8-9-18-37-28)33(44)38-19-11-21-41-22-16-35(17-23-41,34(45)48-3)26-12-5-4-6-13-26/h4-6,8-9,12,15,18,26H,7,10-11,13-14,16-17,19-23H2,1-3H3,(H,38,44). The summed E-state index contributed by atoms with van der Waals surface area (Å²) in [6, 6.07) is 5.20. The molecule has 1 unspecified atom stereocenters. The van der Waals surface area contributed by atoms with E-state index in [1.165, 1.54) is 14.0 Å². The van der Waals surface area contributed by atoms with Crippen LogP contribution in [0.15, 0.2) is 53.8 Å². The van der Waals surface area contributed by atoms with Crippen molar-refractivity contribution in [2.75, 3.05) is 39.8 Å². The fraction of sp³-hybridized carbons (Fsp3) is 0.486. The number of nitro groups is 1. The van der Waals surface area contributed by atoms with Crippen molar-refractivity contribution < 1.29 is 24.0 Å². The maximum absolute atomic E-state index is 14.0. The number of ether oxygens (including phenoxy) is 1. The Kier molecular flexibility index (Phi) is 12.6. The van der Waals surface area contributed by atoms with Gasteiger partial charge in [0.2, 0.25) is 0 Å². The topological polar surface area (TPSA) is 180 Å². The average Bonchev–Trinajstić information content (AvgIpc) is 3.10. The van der Waals surface area contributed by atoms with Crippen LogP contribution in [-0.2, 0) is 16.0 Å². The first-order chi connectivity index (χ1) is 23.2. The van der Waals surface area contributed by atoms with Crippen molar-refractivity contribution in [3.8, 4) is 11.3 Å². The number of methoxy groups -OCH3 is 1. The van der Waals surface area contributed by atoms with Crippen LogP contribution in [0, 0.1) is 28.4 Å². The molecule has 1 N–H and O–H groups in total. The fourth-order valence-corrected chi connectivity index (χ4v) is 7.08. The van der Waals surface area contributed by atoms with Crippen molar-refractivity contribution in [3.63, 3.8) is 0 Å². The summed E-state index contributed by atoms with van der Waals surface area (Å²) in [5.41, 5.74) is 9.09. The first-order valence-electron chi connectivity index (χ1n) is 16.4. The lowest BCUT2D eigenvalue weighted by Crippen LogP contribution is -2.49. The molecule has 0 radical (unpaired) electrons. The van der Waals surface area contributed by atoms with Gasteiger partial charge in [-0.1, -0.05) is 35.5 Å². The quantitative estimate of drug-likeness (QED) is 0.0338. The van der Waals surface area contributed by atoms with Crippen molar-refractivity contribution in [2.45, 2.75) is 58.8 Å². The molecule has 1 aliphatic carbocycles. The number of Topliss-reactive ketones (excluding diaryl/α,β-unsaturated/α-hetero) is 1. The van der Waals surface area contributed by atoms with Crippen molar-refractivity contribution in [3.05, 3.63) is 91.5 Å². The van der Waals surface area contributed by atoms with Crippen molar-refractivity contribution in [2.24, 2.45) is 16.4 Å². The maximum Gasteiger partial charge on any atom is 0.312 e. The van der Waals surface area contributed by atoms with E-state index in [0.717, 1.165) is 19.5 Å². The lowest BCUT2D eigenvalue weighted by Gasteiger charge is -2.43. The molecule has 1 fully saturated rings. The highest BCUT2D eigenvalue weighted by molar-refractivity contribution is 6.09. The van der Waals surface area contributed by atoms with E-state index in [0.29, 0.717) is 62.0 Å². The molecule has 254 valence electrons. The highest BCUT2D eigenvalue weighted by atomic mass is 16.6. The van der Waals surface area contributed by atoms with Gasteiger partial charge in [-0.05, 0) is 108 Å². The highest BCUT2D eigenvalue weighted by Crippen LogP contribution is 2.44. The van der Waals surface area contributed by atoms with Crippen LogP contribution in [0.1, 0.15) is 77.3 Å². The van der Waals surface area contributed by atoms with E-state index in [-0.39, 0.29) is 47.2 Å². The predicted molar refractivity (Wildman–Crippen MR) is 181 cm³/mol. The van der Waals surface area contributed by atoms with Gasteiger partial charge in [0.25, 0.3) is 11.6 Å². The van der Waals surface area contributed by atoms with E-state index >= 15 is 0 Å². The van der Waals surface area contributed by atoms with Crippen LogP contribution in [0.25, 0.3) is 21.7 Å². The molecule has 1 amide bonds. The summed E-state index contributed by atoms with van der Waals surface area (Å²) >= 11 is 0. The van der Waals surface area contributed by atoms with E-state index in [1.54, 1.807) is 31.3 Å². The van der Waals surface area contributed by atoms with Crippen LogP contribution in [-0.4, -0.2) is 72.3 Å². The summed E-state index contributed by atoms with van der Waals surface area (Å²) in [5, 5.41) is 19.0. The number of benzene rings is 1. The van der Waals surface area contributed by atoms with Crippen LogP contribution in [0.3, 0.4) is 0 Å². The van der Waals surface area contributed by atoms with E-state index < -0.39 is 22.0 Å². The number of likely N-dealkylation sites (tertiary alicyclic amines) is 1. The minimum absolute atomic E-state index is 0.0462. The van der Waals surface area contributed by atoms with Gasteiger partial charge in [-0.3, -0.25) is 29.5 Å². The van der Waals surface area contributed by atoms with Gasteiger partial charge in [-0.25, -0.2) is 0 Å². The largest absolute Gasteiger partial charge is 0.469 e. The van der Waals surface area contributed by atoms with Gasteiger partial charge in [0, 0.05) is 35.3 Å². The number of esters is 1. The molecule has 0 spiro atoms. The number of allylic oxidation sites excluding steroid dienone is 4. The Hall–Kier alpha value is -4.87. The van der Waals surface area contributed by atoms with Crippen molar-refractivity contribution in [1.29, 1.82) is 0 Å². The normalized spacial score (nSPS) is 16.9. The van der Waals surface area contributed by atoms with Gasteiger partial charge in [0.15, 0.2) is 5.78 Å². The van der Waals surface area contributed by atoms with Crippen molar-refractivity contribution >= 4 is 23.3 Å². The van der Waals surface area contributed by atoms with Gasteiger partial charge in [0.1, 0.15) is 0 Å². The third-order valence-corrected chi connectivity index (χ3v) is 9.47. The molecule has 2 aromatic rings. The van der Waals surface area contributed by atoms with Gasteiger partial charge >= 0.3 is 5.97 Å².